The fourth-order valence-electron chi connectivity index (χ4n) is 5.90. The molecule has 9 nitrogen and oxygen atoms in total. The highest BCUT2D eigenvalue weighted by molar-refractivity contribution is 5.95. The first-order chi connectivity index (χ1) is 18.3. The predicted molar refractivity (Wildman–Crippen MR) is 158 cm³/mol. The predicted octanol–water partition coefficient (Wildman–Crippen LogP) is 4.39. The minimum atomic E-state index is -0.597. The minimum Gasteiger partial charge on any atom is -0.444 e. The molecule has 1 saturated carbocycles. The molecule has 1 aliphatic carbocycles. The molecule has 0 aromatic carbocycles. The van der Waals surface area contributed by atoms with Crippen LogP contribution in [0.2, 0.25) is 0 Å². The zero-order valence-electron chi connectivity index (χ0n) is 26.5. The molecule has 3 N–H and O–H groups in total. The molecule has 0 spiro atoms. The van der Waals surface area contributed by atoms with Gasteiger partial charge < -0.3 is 25.4 Å². The van der Waals surface area contributed by atoms with Crippen molar-refractivity contribution < 1.29 is 23.9 Å². The van der Waals surface area contributed by atoms with Crippen molar-refractivity contribution in [2.24, 2.45) is 22.2 Å². The summed E-state index contributed by atoms with van der Waals surface area (Å²) in [5.41, 5.74) is -0.530. The number of piperidine rings is 1. The Labute approximate surface area is 241 Å². The molecule has 3 amide bonds. The third kappa shape index (κ3) is 7.87. The zero-order chi connectivity index (χ0) is 30.7. The van der Waals surface area contributed by atoms with Gasteiger partial charge in [0, 0.05) is 18.7 Å². The van der Waals surface area contributed by atoms with Gasteiger partial charge in [-0.2, -0.15) is 0 Å². The van der Waals surface area contributed by atoms with Crippen LogP contribution in [-0.2, 0) is 19.1 Å². The molecule has 5 atom stereocenters. The van der Waals surface area contributed by atoms with Crippen LogP contribution >= 0.6 is 0 Å². The summed E-state index contributed by atoms with van der Waals surface area (Å²) in [7, 11) is 0. The Morgan fingerprint density at radius 2 is 1.73 bits per heavy atom. The summed E-state index contributed by atoms with van der Waals surface area (Å²) >= 11 is 0. The molecular formula is C31H54N4O5. The lowest BCUT2D eigenvalue weighted by Crippen LogP contribution is -2.53. The molecule has 2 fully saturated rings. The molecule has 2 rings (SSSR count). The van der Waals surface area contributed by atoms with Gasteiger partial charge in [-0.1, -0.05) is 67.5 Å². The fourth-order valence-corrected chi connectivity index (χ4v) is 5.90. The van der Waals surface area contributed by atoms with Crippen molar-refractivity contribution in [2.45, 2.75) is 106 Å². The second-order valence-corrected chi connectivity index (χ2v) is 14.2. The minimum absolute atomic E-state index is 0.0102. The van der Waals surface area contributed by atoms with Crippen molar-refractivity contribution in [3.8, 4) is 0 Å². The number of hydrogen-bond donors (Lipinski definition) is 3. The van der Waals surface area contributed by atoms with Gasteiger partial charge >= 0.3 is 6.09 Å². The summed E-state index contributed by atoms with van der Waals surface area (Å²) < 4.78 is 11.6. The van der Waals surface area contributed by atoms with Gasteiger partial charge in [-0.15, -0.1) is 6.58 Å². The Kier molecular flexibility index (Phi) is 10.7. The van der Waals surface area contributed by atoms with E-state index in [0.717, 1.165) is 13.0 Å². The number of likely N-dealkylation sites (tertiary alicyclic amines) is 1. The Hall–Kier alpha value is -2.39. The molecule has 1 saturated heterocycles. The van der Waals surface area contributed by atoms with Crippen LogP contribution in [0, 0.1) is 22.2 Å². The first-order valence-corrected chi connectivity index (χ1v) is 14.5. The summed E-state index contributed by atoms with van der Waals surface area (Å²) in [5.74, 6) is -0.238. The molecule has 2 aliphatic rings. The van der Waals surface area contributed by atoms with E-state index in [4.69, 9.17) is 9.47 Å². The van der Waals surface area contributed by atoms with Crippen molar-refractivity contribution in [3.05, 3.63) is 24.8 Å². The van der Waals surface area contributed by atoms with Crippen LogP contribution in [0.5, 0.6) is 0 Å². The number of nitrogens with zero attached hydrogens (tertiary/aromatic N) is 1. The maximum absolute atomic E-state index is 13.8. The van der Waals surface area contributed by atoms with Gasteiger partial charge in [-0.05, 0) is 49.4 Å². The molecule has 0 bridgehead atoms. The van der Waals surface area contributed by atoms with Crippen LogP contribution in [0.1, 0.15) is 82.1 Å². The molecule has 40 heavy (non-hydrogen) atoms. The fraction of sp³-hybridized carbons (Fsp3) is 0.774. The van der Waals surface area contributed by atoms with E-state index in [9.17, 15) is 14.4 Å². The van der Waals surface area contributed by atoms with Gasteiger partial charge in [0.15, 0.2) is 0 Å². The Bertz CT molecular complexity index is 964. The highest BCUT2D eigenvalue weighted by Crippen LogP contribution is 2.74. The number of nitrogens with one attached hydrogen (secondary N) is 3. The number of fused-ring (bicyclic) bond motifs is 1. The van der Waals surface area contributed by atoms with E-state index in [1.54, 1.807) is 6.08 Å². The lowest BCUT2D eigenvalue weighted by Gasteiger charge is -2.35. The smallest absolute Gasteiger partial charge is 0.407 e. The van der Waals surface area contributed by atoms with Gasteiger partial charge in [0.1, 0.15) is 5.60 Å². The number of alkyl carbamates (subject to hydrolysis) is 1. The van der Waals surface area contributed by atoms with E-state index >= 15 is 0 Å². The molecule has 1 aliphatic heterocycles. The number of amides is 3. The Morgan fingerprint density at radius 3 is 2.25 bits per heavy atom. The first-order valence-electron chi connectivity index (χ1n) is 14.5. The molecule has 0 radical (unpaired) electrons. The van der Waals surface area contributed by atoms with E-state index in [1.165, 1.54) is 0 Å². The standard InChI is InChI=1S/C31H54N4O5/c1-13-15-21(20(3)25(36)32-16-14-2)33-26(37)23-24-30(10,11)31(24,12)18-35(23)19-39-17-22(28(4,5)6)34-27(38)40-29(7,8)9/h14,21-24H,2-3,13,15-19H2,1,4-12H3,(H,32,36)(H,33,37)(H,34,38). The van der Waals surface area contributed by atoms with E-state index in [0.29, 0.717) is 18.5 Å². The number of ether oxygens (including phenoxy) is 2. The van der Waals surface area contributed by atoms with Crippen LogP contribution < -0.4 is 16.0 Å². The van der Waals surface area contributed by atoms with Crippen molar-refractivity contribution >= 4 is 17.9 Å². The molecule has 0 aromatic rings. The van der Waals surface area contributed by atoms with E-state index in [2.05, 4.69) is 54.8 Å². The van der Waals surface area contributed by atoms with Gasteiger partial charge in [0.05, 0.1) is 31.5 Å². The van der Waals surface area contributed by atoms with Crippen molar-refractivity contribution in [1.82, 2.24) is 20.9 Å². The highest BCUT2D eigenvalue weighted by atomic mass is 16.6. The average Bonchev–Trinajstić information content (AvgIpc) is 3.07. The number of carbonyl (C=O) groups is 3. The van der Waals surface area contributed by atoms with Crippen molar-refractivity contribution in [3.63, 3.8) is 0 Å². The highest BCUT2D eigenvalue weighted by Gasteiger charge is 2.76. The summed E-state index contributed by atoms with van der Waals surface area (Å²) in [6.45, 7) is 29.5. The van der Waals surface area contributed by atoms with E-state index in [1.807, 2.05) is 48.5 Å². The van der Waals surface area contributed by atoms with Crippen LogP contribution in [0.15, 0.2) is 24.8 Å². The number of carbonyl (C=O) groups excluding carboxylic acids is 3. The lowest BCUT2D eigenvalue weighted by atomic mass is 9.87. The Morgan fingerprint density at radius 1 is 1.10 bits per heavy atom. The maximum Gasteiger partial charge on any atom is 0.407 e. The summed E-state index contributed by atoms with van der Waals surface area (Å²) in [5, 5.41) is 8.84. The second-order valence-electron chi connectivity index (χ2n) is 14.2. The topological polar surface area (TPSA) is 109 Å². The molecule has 9 heteroatoms. The van der Waals surface area contributed by atoms with Gasteiger partial charge in [0.25, 0.3) is 0 Å². The number of hydrogen-bond acceptors (Lipinski definition) is 6. The van der Waals surface area contributed by atoms with Gasteiger partial charge in [0.2, 0.25) is 11.8 Å². The molecule has 1 heterocycles. The molecular weight excluding hydrogens is 508 g/mol. The average molecular weight is 563 g/mol. The molecule has 5 unspecified atom stereocenters. The lowest BCUT2D eigenvalue weighted by molar-refractivity contribution is -0.130. The Balaban J connectivity index is 2.13. The zero-order valence-corrected chi connectivity index (χ0v) is 26.5. The van der Waals surface area contributed by atoms with E-state index < -0.39 is 23.8 Å². The first kappa shape index (κ1) is 33.8. The second kappa shape index (κ2) is 12.6. The SMILES string of the molecule is C=CCNC(=O)C(=C)C(CCC)NC(=O)C1C2C(C)(C)C2(C)CN1COCC(NC(=O)OC(C)(C)C)C(C)(C)C. The third-order valence-electron chi connectivity index (χ3n) is 8.65. The van der Waals surface area contributed by atoms with Crippen LogP contribution in [0.4, 0.5) is 4.79 Å². The summed E-state index contributed by atoms with van der Waals surface area (Å²) in [6.07, 6.45) is 2.54. The van der Waals surface area contributed by atoms with E-state index in [-0.39, 0.29) is 53.4 Å². The quantitative estimate of drug-likeness (QED) is 0.227. The van der Waals surface area contributed by atoms with Gasteiger partial charge in [-0.25, -0.2) is 4.79 Å². The summed E-state index contributed by atoms with van der Waals surface area (Å²) in [4.78, 5) is 40.9. The normalized spacial score (nSPS) is 25.2. The van der Waals surface area contributed by atoms with Crippen molar-refractivity contribution in [2.75, 3.05) is 26.4 Å². The molecule has 228 valence electrons. The van der Waals surface area contributed by atoms with Crippen LogP contribution in [0.3, 0.4) is 0 Å². The monoisotopic (exact) mass is 562 g/mol. The van der Waals surface area contributed by atoms with Crippen molar-refractivity contribution in [1.29, 1.82) is 0 Å². The van der Waals surface area contributed by atoms with Crippen LogP contribution in [0.25, 0.3) is 0 Å². The number of rotatable bonds is 13. The van der Waals surface area contributed by atoms with Crippen LogP contribution in [-0.4, -0.2) is 73.0 Å². The van der Waals surface area contributed by atoms with Gasteiger partial charge in [-0.3, -0.25) is 14.5 Å². The molecule has 0 aromatic heterocycles. The third-order valence-corrected chi connectivity index (χ3v) is 8.65. The largest absolute Gasteiger partial charge is 0.444 e. The maximum atomic E-state index is 13.8. The summed E-state index contributed by atoms with van der Waals surface area (Å²) in [6, 6.07) is -1.14.